The summed E-state index contributed by atoms with van der Waals surface area (Å²) in [7, 11) is 0. The van der Waals surface area contributed by atoms with Gasteiger partial charge in [0.25, 0.3) is 5.56 Å². The molecule has 0 saturated heterocycles. The number of nitrogens with one attached hydrogen (secondary N) is 1. The predicted octanol–water partition coefficient (Wildman–Crippen LogP) is 3.15. The minimum absolute atomic E-state index is 0.0634. The van der Waals surface area contributed by atoms with Gasteiger partial charge in [-0.1, -0.05) is 19.1 Å². The van der Waals surface area contributed by atoms with E-state index in [4.69, 9.17) is 9.47 Å². The SMILES string of the molecule is CCOc1cc(C=Nn2c(=O)[nH]c3ccccc3c2=O)ccc1O[C@H](C)CC. The first-order valence-electron chi connectivity index (χ1n) is 9.25. The molecule has 2 aromatic carbocycles. The first kappa shape index (κ1) is 19.4. The van der Waals surface area contributed by atoms with Crippen LogP contribution < -0.4 is 20.7 Å². The van der Waals surface area contributed by atoms with E-state index in [9.17, 15) is 9.59 Å². The number of hydrogen-bond acceptors (Lipinski definition) is 5. The van der Waals surface area contributed by atoms with Crippen LogP contribution in [0.4, 0.5) is 0 Å². The molecule has 0 saturated carbocycles. The van der Waals surface area contributed by atoms with E-state index in [1.807, 2.05) is 20.8 Å². The fourth-order valence-electron chi connectivity index (χ4n) is 2.65. The van der Waals surface area contributed by atoms with E-state index in [-0.39, 0.29) is 6.10 Å². The van der Waals surface area contributed by atoms with Gasteiger partial charge in [-0.3, -0.25) is 4.79 Å². The van der Waals surface area contributed by atoms with Crippen LogP contribution >= 0.6 is 0 Å². The van der Waals surface area contributed by atoms with Crippen molar-refractivity contribution in [3.05, 3.63) is 68.9 Å². The van der Waals surface area contributed by atoms with Crippen molar-refractivity contribution < 1.29 is 9.47 Å². The number of H-pyrrole nitrogens is 1. The van der Waals surface area contributed by atoms with Crippen molar-refractivity contribution in [3.63, 3.8) is 0 Å². The lowest BCUT2D eigenvalue weighted by atomic mass is 10.2. The Labute approximate surface area is 162 Å². The van der Waals surface area contributed by atoms with E-state index < -0.39 is 11.2 Å². The fourth-order valence-corrected chi connectivity index (χ4v) is 2.65. The molecule has 146 valence electrons. The Morgan fingerprint density at radius 3 is 2.68 bits per heavy atom. The molecule has 0 radical (unpaired) electrons. The quantitative estimate of drug-likeness (QED) is 0.637. The van der Waals surface area contributed by atoms with Gasteiger partial charge < -0.3 is 14.5 Å². The van der Waals surface area contributed by atoms with Crippen LogP contribution in [0.25, 0.3) is 10.9 Å². The molecule has 7 nitrogen and oxygen atoms in total. The highest BCUT2D eigenvalue weighted by Gasteiger charge is 2.10. The van der Waals surface area contributed by atoms with Gasteiger partial charge in [0.1, 0.15) is 0 Å². The van der Waals surface area contributed by atoms with Crippen molar-refractivity contribution in [2.75, 3.05) is 6.61 Å². The van der Waals surface area contributed by atoms with Crippen LogP contribution in [0.5, 0.6) is 11.5 Å². The summed E-state index contributed by atoms with van der Waals surface area (Å²) in [6.07, 6.45) is 2.39. The summed E-state index contributed by atoms with van der Waals surface area (Å²) in [4.78, 5) is 27.4. The second-order valence-electron chi connectivity index (χ2n) is 6.31. The maximum absolute atomic E-state index is 12.5. The zero-order valence-corrected chi connectivity index (χ0v) is 16.1. The second-order valence-corrected chi connectivity index (χ2v) is 6.31. The molecular weight excluding hydrogens is 358 g/mol. The predicted molar refractivity (Wildman–Crippen MR) is 110 cm³/mol. The average Bonchev–Trinajstić information content (AvgIpc) is 2.69. The van der Waals surface area contributed by atoms with E-state index >= 15 is 0 Å². The third-order valence-corrected chi connectivity index (χ3v) is 4.28. The van der Waals surface area contributed by atoms with Gasteiger partial charge >= 0.3 is 5.69 Å². The summed E-state index contributed by atoms with van der Waals surface area (Å²) in [6, 6.07) is 12.2. The van der Waals surface area contributed by atoms with Gasteiger partial charge in [0.15, 0.2) is 11.5 Å². The minimum atomic E-state index is -0.596. The number of aromatic amines is 1. The molecule has 7 heteroatoms. The van der Waals surface area contributed by atoms with Gasteiger partial charge in [-0.2, -0.15) is 5.10 Å². The molecule has 1 heterocycles. The summed E-state index contributed by atoms with van der Waals surface area (Å²) < 4.78 is 12.3. The molecule has 0 aliphatic carbocycles. The molecule has 3 aromatic rings. The number of para-hydroxylation sites is 1. The first-order valence-corrected chi connectivity index (χ1v) is 9.25. The lowest BCUT2D eigenvalue weighted by Gasteiger charge is -2.16. The average molecular weight is 381 g/mol. The molecule has 0 unspecified atom stereocenters. The Morgan fingerprint density at radius 1 is 1.14 bits per heavy atom. The van der Waals surface area contributed by atoms with Crippen LogP contribution in [-0.2, 0) is 0 Å². The molecule has 0 fully saturated rings. The van der Waals surface area contributed by atoms with Crippen molar-refractivity contribution in [1.29, 1.82) is 0 Å². The summed E-state index contributed by atoms with van der Waals surface area (Å²) in [5, 5.41) is 4.47. The number of hydrogen-bond donors (Lipinski definition) is 1. The molecule has 1 N–H and O–H groups in total. The highest BCUT2D eigenvalue weighted by Crippen LogP contribution is 2.29. The molecular formula is C21H23N3O4. The van der Waals surface area contributed by atoms with Crippen molar-refractivity contribution in [1.82, 2.24) is 9.66 Å². The number of rotatable bonds is 7. The number of nitrogens with zero attached hydrogens (tertiary/aromatic N) is 2. The van der Waals surface area contributed by atoms with Gasteiger partial charge in [0.05, 0.1) is 29.8 Å². The van der Waals surface area contributed by atoms with Gasteiger partial charge in [0, 0.05) is 0 Å². The van der Waals surface area contributed by atoms with Crippen LogP contribution in [0, 0.1) is 0 Å². The molecule has 3 rings (SSSR count). The second kappa shape index (κ2) is 8.56. The van der Waals surface area contributed by atoms with E-state index in [0.29, 0.717) is 34.6 Å². The highest BCUT2D eigenvalue weighted by atomic mass is 16.5. The number of fused-ring (bicyclic) bond motifs is 1. The first-order chi connectivity index (χ1) is 13.5. The van der Waals surface area contributed by atoms with Crippen molar-refractivity contribution in [2.45, 2.75) is 33.3 Å². The molecule has 0 amide bonds. The van der Waals surface area contributed by atoms with Crippen LogP contribution in [0.3, 0.4) is 0 Å². The Balaban J connectivity index is 1.96. The maximum atomic E-state index is 12.5. The van der Waals surface area contributed by atoms with Crippen molar-refractivity contribution in [3.8, 4) is 11.5 Å². The normalized spacial score (nSPS) is 12.4. The summed E-state index contributed by atoms with van der Waals surface area (Å²) in [5.74, 6) is 1.24. The maximum Gasteiger partial charge on any atom is 0.349 e. The van der Waals surface area contributed by atoms with E-state index in [0.717, 1.165) is 11.1 Å². The van der Waals surface area contributed by atoms with E-state index in [1.54, 1.807) is 42.5 Å². The standard InChI is InChI=1S/C21H23N3O4/c1-4-14(3)28-18-11-10-15(12-19(18)27-5-2)13-22-24-20(25)16-8-6-7-9-17(16)23-21(24)26/h6-14H,4-5H2,1-3H3,(H,23,26)/t14-/m1/s1. The largest absolute Gasteiger partial charge is 0.490 e. The number of ether oxygens (including phenoxy) is 2. The Morgan fingerprint density at radius 2 is 1.93 bits per heavy atom. The smallest absolute Gasteiger partial charge is 0.349 e. The molecule has 0 bridgehead atoms. The van der Waals surface area contributed by atoms with E-state index in [1.165, 1.54) is 6.21 Å². The zero-order valence-electron chi connectivity index (χ0n) is 16.1. The van der Waals surface area contributed by atoms with Crippen LogP contribution in [0.1, 0.15) is 32.8 Å². The molecule has 28 heavy (non-hydrogen) atoms. The van der Waals surface area contributed by atoms with E-state index in [2.05, 4.69) is 10.1 Å². The third kappa shape index (κ3) is 4.14. The van der Waals surface area contributed by atoms with Crippen molar-refractivity contribution in [2.24, 2.45) is 5.10 Å². The zero-order chi connectivity index (χ0) is 20.1. The Hall–Kier alpha value is -3.35. The Bertz CT molecular complexity index is 1110. The van der Waals surface area contributed by atoms with Crippen LogP contribution in [-0.4, -0.2) is 28.6 Å². The van der Waals surface area contributed by atoms with Crippen molar-refractivity contribution >= 4 is 17.1 Å². The summed E-state index contributed by atoms with van der Waals surface area (Å²) in [6.45, 7) is 6.41. The summed E-state index contributed by atoms with van der Waals surface area (Å²) in [5.41, 5.74) is 0.0904. The van der Waals surface area contributed by atoms with Gasteiger partial charge in [-0.25, -0.2) is 4.79 Å². The monoisotopic (exact) mass is 381 g/mol. The minimum Gasteiger partial charge on any atom is -0.490 e. The Kier molecular flexibility index (Phi) is 5.93. The molecule has 0 spiro atoms. The lowest BCUT2D eigenvalue weighted by Crippen LogP contribution is -2.32. The molecule has 0 aliphatic heterocycles. The van der Waals surface area contributed by atoms with Gasteiger partial charge in [0.2, 0.25) is 0 Å². The molecule has 1 atom stereocenters. The van der Waals surface area contributed by atoms with Gasteiger partial charge in [-0.05, 0) is 56.2 Å². The molecule has 0 aliphatic rings. The fraction of sp³-hybridized carbons (Fsp3) is 0.286. The summed E-state index contributed by atoms with van der Waals surface area (Å²) >= 11 is 0. The molecule has 1 aromatic heterocycles. The lowest BCUT2D eigenvalue weighted by molar-refractivity contribution is 0.203. The van der Waals surface area contributed by atoms with Gasteiger partial charge in [-0.15, -0.1) is 4.68 Å². The number of aromatic nitrogens is 2. The number of benzene rings is 2. The topological polar surface area (TPSA) is 85.7 Å². The third-order valence-electron chi connectivity index (χ3n) is 4.28. The van der Waals surface area contributed by atoms with Crippen LogP contribution in [0.15, 0.2) is 57.2 Å². The highest BCUT2D eigenvalue weighted by molar-refractivity contribution is 5.81. The van der Waals surface area contributed by atoms with Crippen LogP contribution in [0.2, 0.25) is 0 Å².